The first-order valence-corrected chi connectivity index (χ1v) is 4.99. The van der Waals surface area contributed by atoms with Gasteiger partial charge in [-0.15, -0.1) is 0 Å². The molecule has 0 aromatic carbocycles. The summed E-state index contributed by atoms with van der Waals surface area (Å²) in [7, 11) is 0. The first kappa shape index (κ1) is 8.39. The van der Waals surface area contributed by atoms with Gasteiger partial charge in [0, 0.05) is 10.8 Å². The minimum absolute atomic E-state index is 0.132. The number of fused-ring (bicyclic) bond motifs is 1. The highest BCUT2D eigenvalue weighted by atomic mass is 35.5. The number of thioether (sulfide) groups is 1. The third-order valence-corrected chi connectivity index (χ3v) is 3.88. The van der Waals surface area contributed by atoms with Crippen LogP contribution in [0.2, 0.25) is 0 Å². The maximum Gasteiger partial charge on any atom is 0.120 e. The van der Waals surface area contributed by atoms with Crippen LogP contribution in [0.1, 0.15) is 13.3 Å². The van der Waals surface area contributed by atoms with E-state index in [2.05, 4.69) is 0 Å². The number of halogens is 2. The molecule has 2 aliphatic rings. The lowest BCUT2D eigenvalue weighted by Gasteiger charge is -2.14. The van der Waals surface area contributed by atoms with E-state index in [0.29, 0.717) is 5.92 Å². The van der Waals surface area contributed by atoms with Crippen molar-refractivity contribution in [1.82, 2.24) is 0 Å². The fourth-order valence-electron chi connectivity index (χ4n) is 1.45. The Morgan fingerprint density at radius 2 is 2.42 bits per heavy atom. The van der Waals surface area contributed by atoms with Gasteiger partial charge < -0.3 is 0 Å². The van der Waals surface area contributed by atoms with Gasteiger partial charge in [0.1, 0.15) is 5.83 Å². The summed E-state index contributed by atoms with van der Waals surface area (Å²) in [4.78, 5) is 1.05. The smallest absolute Gasteiger partial charge is 0.120 e. The van der Waals surface area contributed by atoms with Crippen LogP contribution >= 0.6 is 23.4 Å². The van der Waals surface area contributed by atoms with Gasteiger partial charge >= 0.3 is 0 Å². The second kappa shape index (κ2) is 2.93. The zero-order chi connectivity index (χ0) is 8.72. The van der Waals surface area contributed by atoms with Gasteiger partial charge in [0.05, 0.1) is 4.36 Å². The molecule has 0 amide bonds. The van der Waals surface area contributed by atoms with Crippen LogP contribution in [0.15, 0.2) is 32.8 Å². The molecule has 0 radical (unpaired) electrons. The maximum absolute atomic E-state index is 12.8. The number of allylic oxidation sites excluding steroid dienone is 5. The summed E-state index contributed by atoms with van der Waals surface area (Å²) in [5.41, 5.74) is 1.18. The molecule has 0 fully saturated rings. The predicted molar refractivity (Wildman–Crippen MR) is 51.5 cm³/mol. The van der Waals surface area contributed by atoms with Crippen molar-refractivity contribution in [2.24, 2.45) is 5.92 Å². The minimum Gasteiger partial charge on any atom is -0.207 e. The van der Waals surface area contributed by atoms with Crippen LogP contribution in [-0.4, -0.2) is 0 Å². The van der Waals surface area contributed by atoms with Gasteiger partial charge in [0.25, 0.3) is 0 Å². The zero-order valence-corrected chi connectivity index (χ0v) is 8.18. The second-order valence-electron chi connectivity index (χ2n) is 2.98. The van der Waals surface area contributed by atoms with E-state index in [0.717, 1.165) is 15.7 Å². The van der Waals surface area contributed by atoms with Crippen LogP contribution in [0, 0.1) is 5.92 Å². The molecule has 1 heterocycles. The van der Waals surface area contributed by atoms with E-state index in [4.69, 9.17) is 11.6 Å². The first-order valence-electron chi connectivity index (χ1n) is 3.80. The fourth-order valence-corrected chi connectivity index (χ4v) is 2.95. The molecule has 0 aromatic heterocycles. The minimum atomic E-state index is -0.132. The SMILES string of the molecule is CC1=C(Cl)SC2=CC(F)=CCC21. The standard InChI is InChI=1S/C9H8ClFS/c1-5-7-3-2-6(11)4-8(7)12-9(5)10/h2,4,7H,3H2,1H3. The maximum atomic E-state index is 12.8. The summed E-state index contributed by atoms with van der Waals surface area (Å²) in [5.74, 6) is 0.218. The Hall–Kier alpha value is -0.210. The topological polar surface area (TPSA) is 0 Å². The van der Waals surface area contributed by atoms with E-state index in [-0.39, 0.29) is 5.83 Å². The van der Waals surface area contributed by atoms with E-state index < -0.39 is 0 Å². The van der Waals surface area contributed by atoms with E-state index in [1.165, 1.54) is 17.3 Å². The fraction of sp³-hybridized carbons (Fsp3) is 0.333. The molecule has 0 aromatic rings. The highest BCUT2D eigenvalue weighted by molar-refractivity contribution is 8.08. The first-order chi connectivity index (χ1) is 5.68. The highest BCUT2D eigenvalue weighted by Crippen LogP contribution is 2.50. The highest BCUT2D eigenvalue weighted by Gasteiger charge is 2.28. The lowest BCUT2D eigenvalue weighted by Crippen LogP contribution is -2.01. The molecule has 0 nitrogen and oxygen atoms in total. The number of rotatable bonds is 0. The van der Waals surface area contributed by atoms with Crippen molar-refractivity contribution in [1.29, 1.82) is 0 Å². The average Bonchev–Trinajstić information content (AvgIpc) is 2.28. The Kier molecular flexibility index (Phi) is 2.05. The zero-order valence-electron chi connectivity index (χ0n) is 6.60. The third-order valence-electron chi connectivity index (χ3n) is 2.21. The Morgan fingerprint density at radius 1 is 1.67 bits per heavy atom. The monoisotopic (exact) mass is 202 g/mol. The van der Waals surface area contributed by atoms with Crippen LogP contribution in [-0.2, 0) is 0 Å². The Labute approximate surface area is 80.2 Å². The molecule has 64 valence electrons. The van der Waals surface area contributed by atoms with Gasteiger partial charge in [-0.25, -0.2) is 4.39 Å². The summed E-state index contributed by atoms with van der Waals surface area (Å²) >= 11 is 7.43. The molecular formula is C9H8ClFS. The van der Waals surface area contributed by atoms with Gasteiger partial charge in [0.2, 0.25) is 0 Å². The molecular weight excluding hydrogens is 195 g/mol. The molecule has 12 heavy (non-hydrogen) atoms. The Morgan fingerprint density at radius 3 is 3.17 bits per heavy atom. The number of hydrogen-bond donors (Lipinski definition) is 0. The Bertz CT molecular complexity index is 314. The van der Waals surface area contributed by atoms with Crippen molar-refractivity contribution in [3.8, 4) is 0 Å². The van der Waals surface area contributed by atoms with Crippen molar-refractivity contribution in [3.05, 3.63) is 32.8 Å². The van der Waals surface area contributed by atoms with Gasteiger partial charge in [-0.3, -0.25) is 0 Å². The average molecular weight is 203 g/mol. The molecule has 1 unspecified atom stereocenters. The molecule has 1 aliphatic heterocycles. The van der Waals surface area contributed by atoms with E-state index in [1.54, 1.807) is 12.2 Å². The van der Waals surface area contributed by atoms with Crippen LogP contribution in [0.4, 0.5) is 4.39 Å². The molecule has 2 rings (SSSR count). The summed E-state index contributed by atoms with van der Waals surface area (Å²) < 4.78 is 13.6. The molecule has 1 atom stereocenters. The summed E-state index contributed by atoms with van der Waals surface area (Å²) in [6.07, 6.45) is 3.96. The molecule has 3 heteroatoms. The summed E-state index contributed by atoms with van der Waals surface area (Å²) in [6, 6.07) is 0. The van der Waals surface area contributed by atoms with Crippen LogP contribution in [0.5, 0.6) is 0 Å². The van der Waals surface area contributed by atoms with Crippen LogP contribution in [0.3, 0.4) is 0 Å². The van der Waals surface area contributed by atoms with Gasteiger partial charge in [-0.05, 0) is 31.1 Å². The van der Waals surface area contributed by atoms with Crippen LogP contribution < -0.4 is 0 Å². The van der Waals surface area contributed by atoms with E-state index in [9.17, 15) is 4.39 Å². The molecule has 0 spiro atoms. The van der Waals surface area contributed by atoms with Crippen molar-refractivity contribution in [2.45, 2.75) is 13.3 Å². The third kappa shape index (κ3) is 1.23. The van der Waals surface area contributed by atoms with Crippen LogP contribution in [0.25, 0.3) is 0 Å². The van der Waals surface area contributed by atoms with Crippen molar-refractivity contribution in [3.63, 3.8) is 0 Å². The molecule has 0 saturated carbocycles. The van der Waals surface area contributed by atoms with Gasteiger partial charge in [0.15, 0.2) is 0 Å². The van der Waals surface area contributed by atoms with Gasteiger partial charge in [-0.2, -0.15) is 0 Å². The number of hydrogen-bond acceptors (Lipinski definition) is 1. The lowest BCUT2D eigenvalue weighted by molar-refractivity contribution is 0.630. The second-order valence-corrected chi connectivity index (χ2v) is 4.67. The van der Waals surface area contributed by atoms with E-state index >= 15 is 0 Å². The molecule has 0 bridgehead atoms. The van der Waals surface area contributed by atoms with E-state index in [1.807, 2.05) is 6.92 Å². The largest absolute Gasteiger partial charge is 0.207 e. The molecule has 0 saturated heterocycles. The lowest BCUT2D eigenvalue weighted by atomic mass is 9.94. The van der Waals surface area contributed by atoms with Crippen molar-refractivity contribution >= 4 is 23.4 Å². The molecule has 1 aliphatic carbocycles. The van der Waals surface area contributed by atoms with Crippen molar-refractivity contribution in [2.75, 3.05) is 0 Å². The normalized spacial score (nSPS) is 28.4. The quantitative estimate of drug-likeness (QED) is 0.573. The molecule has 0 N–H and O–H groups in total. The van der Waals surface area contributed by atoms with Gasteiger partial charge in [-0.1, -0.05) is 23.4 Å². The summed E-state index contributed by atoms with van der Waals surface area (Å²) in [6.45, 7) is 2.01. The summed E-state index contributed by atoms with van der Waals surface area (Å²) in [5, 5.41) is 0. The Balaban J connectivity index is 2.33. The van der Waals surface area contributed by atoms with Crippen molar-refractivity contribution < 1.29 is 4.39 Å². The predicted octanol–water partition coefficient (Wildman–Crippen LogP) is 3.96.